The van der Waals surface area contributed by atoms with Gasteiger partial charge in [0.1, 0.15) is 6.26 Å². The molecule has 4 aromatic rings. The second-order valence-corrected chi connectivity index (χ2v) is 9.27. The van der Waals surface area contributed by atoms with Crippen molar-refractivity contribution in [1.29, 1.82) is 0 Å². The first-order chi connectivity index (χ1) is 17.7. The van der Waals surface area contributed by atoms with Crippen molar-refractivity contribution in [2.45, 2.75) is 25.6 Å². The number of nitrogens with zero attached hydrogens (tertiary/aromatic N) is 3. The number of hydrogen-bond acceptors (Lipinski definition) is 5. The first kappa shape index (κ1) is 24.0. The molecule has 1 atom stereocenters. The van der Waals surface area contributed by atoms with Crippen molar-refractivity contribution in [1.82, 2.24) is 20.1 Å². The van der Waals surface area contributed by atoms with Crippen molar-refractivity contribution in [2.75, 3.05) is 26.2 Å². The van der Waals surface area contributed by atoms with Gasteiger partial charge in [-0.25, -0.2) is 4.98 Å². The molecule has 1 saturated heterocycles. The molecule has 0 saturated carbocycles. The number of oxazole rings is 1. The van der Waals surface area contributed by atoms with Crippen LogP contribution in [-0.2, 0) is 6.54 Å². The fourth-order valence-corrected chi connectivity index (χ4v) is 4.84. The number of rotatable bonds is 8. The summed E-state index contributed by atoms with van der Waals surface area (Å²) in [5, 5.41) is 3.00. The molecule has 1 amide bonds. The van der Waals surface area contributed by atoms with E-state index in [1.54, 1.807) is 0 Å². The van der Waals surface area contributed by atoms with Crippen LogP contribution in [0.3, 0.4) is 0 Å². The maximum absolute atomic E-state index is 12.7. The van der Waals surface area contributed by atoms with Crippen LogP contribution in [-0.4, -0.2) is 46.9 Å². The second kappa shape index (κ2) is 11.3. The summed E-state index contributed by atoms with van der Waals surface area (Å²) < 4.78 is 5.66. The molecule has 0 unspecified atom stereocenters. The lowest BCUT2D eigenvalue weighted by Crippen LogP contribution is -2.47. The molecule has 0 aliphatic carbocycles. The third kappa shape index (κ3) is 5.73. The Morgan fingerprint density at radius 2 is 1.36 bits per heavy atom. The average Bonchev–Trinajstić information content (AvgIpc) is 3.40. The van der Waals surface area contributed by atoms with E-state index in [4.69, 9.17) is 4.42 Å². The Morgan fingerprint density at radius 3 is 1.92 bits per heavy atom. The Labute approximate surface area is 212 Å². The highest BCUT2D eigenvalue weighted by Crippen LogP contribution is 2.29. The van der Waals surface area contributed by atoms with Crippen LogP contribution in [0.5, 0.6) is 0 Å². The van der Waals surface area contributed by atoms with E-state index in [9.17, 15) is 4.79 Å². The van der Waals surface area contributed by atoms with Crippen molar-refractivity contribution in [2.24, 2.45) is 0 Å². The number of carbonyl (C=O) groups is 1. The highest BCUT2D eigenvalue weighted by molar-refractivity contribution is 5.92. The molecule has 5 rings (SSSR count). The van der Waals surface area contributed by atoms with Crippen molar-refractivity contribution in [3.63, 3.8) is 0 Å². The number of carbonyl (C=O) groups excluding carboxylic acids is 1. The average molecular weight is 481 g/mol. The van der Waals surface area contributed by atoms with Gasteiger partial charge < -0.3 is 9.73 Å². The number of amides is 1. The molecule has 0 spiro atoms. The van der Waals surface area contributed by atoms with Crippen LogP contribution < -0.4 is 5.32 Å². The maximum Gasteiger partial charge on any atom is 0.273 e. The molecular weight excluding hydrogens is 448 g/mol. The molecule has 1 aromatic heterocycles. The van der Waals surface area contributed by atoms with Crippen LogP contribution >= 0.6 is 0 Å². The SMILES string of the molecule is C[C@@H](NC(=O)c1coc(CN2CCN(C(c3ccccc3)c3ccccc3)CC2)n1)c1ccccc1. The van der Waals surface area contributed by atoms with Gasteiger partial charge in [0.05, 0.1) is 18.6 Å². The van der Waals surface area contributed by atoms with Crippen molar-refractivity contribution in [3.8, 4) is 0 Å². The minimum Gasteiger partial charge on any atom is -0.447 e. The van der Waals surface area contributed by atoms with Gasteiger partial charge in [0.15, 0.2) is 5.69 Å². The fraction of sp³-hybridized carbons (Fsp3) is 0.267. The van der Waals surface area contributed by atoms with Gasteiger partial charge in [-0.15, -0.1) is 0 Å². The molecule has 3 aromatic carbocycles. The molecule has 184 valence electrons. The Hall–Kier alpha value is -3.74. The zero-order chi connectivity index (χ0) is 24.7. The molecule has 6 heteroatoms. The summed E-state index contributed by atoms with van der Waals surface area (Å²) in [5.41, 5.74) is 3.99. The van der Waals surface area contributed by atoms with Gasteiger partial charge >= 0.3 is 0 Å². The third-order valence-corrected chi connectivity index (χ3v) is 6.79. The van der Waals surface area contributed by atoms with Crippen molar-refractivity contribution >= 4 is 5.91 Å². The monoisotopic (exact) mass is 480 g/mol. The second-order valence-electron chi connectivity index (χ2n) is 9.27. The molecular formula is C30H32N4O2. The minimum absolute atomic E-state index is 0.103. The number of nitrogens with one attached hydrogen (secondary N) is 1. The van der Waals surface area contributed by atoms with Crippen molar-refractivity contribution < 1.29 is 9.21 Å². The Bertz CT molecular complexity index is 1200. The van der Waals surface area contributed by atoms with E-state index in [1.807, 2.05) is 37.3 Å². The van der Waals surface area contributed by atoms with Gasteiger partial charge in [0.2, 0.25) is 5.89 Å². The summed E-state index contributed by atoms with van der Waals surface area (Å²) in [5.74, 6) is 0.350. The molecule has 0 bridgehead atoms. The minimum atomic E-state index is -0.222. The van der Waals surface area contributed by atoms with Crippen LogP contribution in [0.4, 0.5) is 0 Å². The first-order valence-corrected chi connectivity index (χ1v) is 12.5. The largest absolute Gasteiger partial charge is 0.447 e. The van der Waals surface area contributed by atoms with Crippen LogP contribution in [0, 0.1) is 0 Å². The summed E-state index contributed by atoms with van der Waals surface area (Å²) in [7, 11) is 0. The van der Waals surface area contributed by atoms with E-state index in [1.165, 1.54) is 17.4 Å². The number of hydrogen-bond donors (Lipinski definition) is 1. The number of piperazine rings is 1. The van der Waals surface area contributed by atoms with E-state index >= 15 is 0 Å². The predicted molar refractivity (Wildman–Crippen MR) is 140 cm³/mol. The lowest BCUT2D eigenvalue weighted by atomic mass is 9.96. The van der Waals surface area contributed by atoms with E-state index in [0.717, 1.165) is 31.7 Å². The van der Waals surface area contributed by atoms with Crippen molar-refractivity contribution in [3.05, 3.63) is 126 Å². The fourth-order valence-electron chi connectivity index (χ4n) is 4.84. The normalized spacial score (nSPS) is 15.6. The Kier molecular flexibility index (Phi) is 7.55. The summed E-state index contributed by atoms with van der Waals surface area (Å²) in [6, 6.07) is 31.4. The van der Waals surface area contributed by atoms with Crippen LogP contribution in [0.15, 0.2) is 102 Å². The van der Waals surface area contributed by atoms with E-state index in [2.05, 4.69) is 80.8 Å². The van der Waals surface area contributed by atoms with E-state index < -0.39 is 0 Å². The lowest BCUT2D eigenvalue weighted by molar-refractivity contribution is 0.0933. The smallest absolute Gasteiger partial charge is 0.273 e. The predicted octanol–water partition coefficient (Wildman–Crippen LogP) is 5.07. The Morgan fingerprint density at radius 1 is 0.833 bits per heavy atom. The maximum atomic E-state index is 12.7. The van der Waals surface area contributed by atoms with Gasteiger partial charge in [-0.3, -0.25) is 14.6 Å². The van der Waals surface area contributed by atoms with E-state index in [0.29, 0.717) is 18.1 Å². The molecule has 2 heterocycles. The Balaban J connectivity index is 1.18. The first-order valence-electron chi connectivity index (χ1n) is 12.5. The summed E-state index contributed by atoms with van der Waals surface area (Å²) >= 11 is 0. The van der Waals surface area contributed by atoms with Gasteiger partial charge in [0, 0.05) is 26.2 Å². The highest BCUT2D eigenvalue weighted by atomic mass is 16.3. The van der Waals surface area contributed by atoms with Gasteiger partial charge in [0.25, 0.3) is 5.91 Å². The molecule has 6 nitrogen and oxygen atoms in total. The van der Waals surface area contributed by atoms with Gasteiger partial charge in [-0.05, 0) is 23.6 Å². The van der Waals surface area contributed by atoms with Crippen LogP contribution in [0.1, 0.15) is 52.1 Å². The van der Waals surface area contributed by atoms with Crippen LogP contribution in [0.2, 0.25) is 0 Å². The third-order valence-electron chi connectivity index (χ3n) is 6.79. The van der Waals surface area contributed by atoms with Crippen LogP contribution in [0.25, 0.3) is 0 Å². The molecule has 1 fully saturated rings. The molecule has 0 radical (unpaired) electrons. The zero-order valence-electron chi connectivity index (χ0n) is 20.6. The zero-order valence-corrected chi connectivity index (χ0v) is 20.6. The molecule has 1 aliphatic heterocycles. The summed E-state index contributed by atoms with van der Waals surface area (Å²) in [4.78, 5) is 22.0. The number of benzene rings is 3. The highest BCUT2D eigenvalue weighted by Gasteiger charge is 2.27. The van der Waals surface area contributed by atoms with Gasteiger partial charge in [-0.2, -0.15) is 0 Å². The van der Waals surface area contributed by atoms with E-state index in [-0.39, 0.29) is 18.0 Å². The standard InChI is InChI=1S/C30H32N4O2/c1-23(24-11-5-2-6-12-24)31-30(35)27-22-36-28(32-27)21-33-17-19-34(20-18-33)29(25-13-7-3-8-14-25)26-15-9-4-10-16-26/h2-16,22-23,29H,17-21H2,1H3,(H,31,35)/t23-/m1/s1. The lowest BCUT2D eigenvalue weighted by Gasteiger charge is -2.39. The molecule has 36 heavy (non-hydrogen) atoms. The van der Waals surface area contributed by atoms with Gasteiger partial charge in [-0.1, -0.05) is 91.0 Å². The quantitative estimate of drug-likeness (QED) is 0.381. The summed E-state index contributed by atoms with van der Waals surface area (Å²) in [6.45, 7) is 6.26. The molecule has 1 N–H and O–H groups in total. The summed E-state index contributed by atoms with van der Waals surface area (Å²) in [6.07, 6.45) is 1.46. The number of aromatic nitrogens is 1. The molecule has 1 aliphatic rings. The topological polar surface area (TPSA) is 61.6 Å².